The number of fused-ring (bicyclic) bond motifs is 3. The first-order valence-corrected chi connectivity index (χ1v) is 8.92. The zero-order valence-corrected chi connectivity index (χ0v) is 15.4. The van der Waals surface area contributed by atoms with Gasteiger partial charge in [-0.15, -0.1) is 0 Å². The number of likely N-dealkylation sites (N-methyl/N-ethyl adjacent to an activating group) is 1. The van der Waals surface area contributed by atoms with Crippen molar-refractivity contribution in [3.8, 4) is 0 Å². The number of aliphatic imine (C=N–C) groups is 1. The zero-order valence-electron chi connectivity index (χ0n) is 15.4. The van der Waals surface area contributed by atoms with E-state index in [1.165, 1.54) is 0 Å². The molecule has 1 aliphatic rings. The molecular formula is C18H23N7O. The Morgan fingerprint density at radius 1 is 1.27 bits per heavy atom. The van der Waals surface area contributed by atoms with Crippen LogP contribution in [0, 0.1) is 0 Å². The fourth-order valence-corrected chi connectivity index (χ4v) is 3.30. The van der Waals surface area contributed by atoms with E-state index in [2.05, 4.69) is 21.9 Å². The van der Waals surface area contributed by atoms with E-state index in [0.717, 1.165) is 36.3 Å². The van der Waals surface area contributed by atoms with Gasteiger partial charge in [-0.3, -0.25) is 18.4 Å². The maximum absolute atomic E-state index is 12.9. The molecule has 0 aromatic carbocycles. The maximum Gasteiger partial charge on any atom is 0.260 e. The van der Waals surface area contributed by atoms with E-state index in [-0.39, 0.29) is 5.56 Å². The van der Waals surface area contributed by atoms with E-state index in [4.69, 9.17) is 4.99 Å². The first-order chi connectivity index (χ1) is 12.6. The molecule has 26 heavy (non-hydrogen) atoms. The van der Waals surface area contributed by atoms with Gasteiger partial charge in [-0.25, -0.2) is 9.98 Å². The molecule has 0 amide bonds. The van der Waals surface area contributed by atoms with Gasteiger partial charge in [0.25, 0.3) is 5.56 Å². The number of aryl methyl sites for hydroxylation is 1. The summed E-state index contributed by atoms with van der Waals surface area (Å²) in [5, 5.41) is 4.42. The molecule has 0 saturated carbocycles. The summed E-state index contributed by atoms with van der Waals surface area (Å²) < 4.78 is 5.58. The number of imidazole rings is 1. The van der Waals surface area contributed by atoms with E-state index < -0.39 is 0 Å². The van der Waals surface area contributed by atoms with Gasteiger partial charge in [-0.1, -0.05) is 6.92 Å². The molecule has 0 bridgehead atoms. The molecule has 0 unspecified atom stereocenters. The van der Waals surface area contributed by atoms with Crippen LogP contribution in [-0.2, 0) is 19.5 Å². The van der Waals surface area contributed by atoms with E-state index >= 15 is 0 Å². The summed E-state index contributed by atoms with van der Waals surface area (Å²) in [4.78, 5) is 24.2. The number of hydrogen-bond donors (Lipinski definition) is 0. The van der Waals surface area contributed by atoms with Crippen molar-refractivity contribution in [1.29, 1.82) is 0 Å². The first kappa shape index (κ1) is 16.7. The molecule has 4 rings (SSSR count). The van der Waals surface area contributed by atoms with Gasteiger partial charge in [-0.2, -0.15) is 5.10 Å². The lowest BCUT2D eigenvalue weighted by atomic mass is 10.1. The number of aromatic nitrogens is 5. The molecule has 0 aliphatic carbocycles. The highest BCUT2D eigenvalue weighted by molar-refractivity contribution is 6.05. The molecule has 0 N–H and O–H groups in total. The molecule has 3 aromatic rings. The summed E-state index contributed by atoms with van der Waals surface area (Å²) in [6.07, 6.45) is 8.83. The third kappa shape index (κ3) is 2.76. The highest BCUT2D eigenvalue weighted by Gasteiger charge is 2.25. The first-order valence-electron chi connectivity index (χ1n) is 8.92. The van der Waals surface area contributed by atoms with Gasteiger partial charge in [0.15, 0.2) is 0 Å². The fourth-order valence-electron chi connectivity index (χ4n) is 3.30. The monoisotopic (exact) mass is 353 g/mol. The summed E-state index contributed by atoms with van der Waals surface area (Å²) in [5.74, 6) is 1.35. The second kappa shape index (κ2) is 6.53. The number of rotatable bonds is 6. The van der Waals surface area contributed by atoms with Gasteiger partial charge in [0.05, 0.1) is 24.0 Å². The van der Waals surface area contributed by atoms with Crippen molar-refractivity contribution in [1.82, 2.24) is 28.6 Å². The maximum atomic E-state index is 12.9. The van der Waals surface area contributed by atoms with Gasteiger partial charge in [0.1, 0.15) is 5.82 Å². The Labute approximate surface area is 151 Å². The summed E-state index contributed by atoms with van der Waals surface area (Å²) in [6.45, 7) is 4.46. The SMILES string of the molecule is CCCn1c(=O)c2c(n3ccnc13)N=C(c1cnn(CCN(C)C)c1)C2. The molecule has 8 heteroatoms. The Kier molecular flexibility index (Phi) is 4.20. The Hall–Kier alpha value is -2.74. The van der Waals surface area contributed by atoms with Crippen molar-refractivity contribution in [2.24, 2.45) is 4.99 Å². The minimum absolute atomic E-state index is 0.0132. The van der Waals surface area contributed by atoms with Crippen LogP contribution in [-0.4, -0.2) is 55.0 Å². The summed E-state index contributed by atoms with van der Waals surface area (Å²) in [6, 6.07) is 0. The number of hydrogen-bond acceptors (Lipinski definition) is 5. The van der Waals surface area contributed by atoms with Gasteiger partial charge in [0, 0.05) is 43.7 Å². The second-order valence-electron chi connectivity index (χ2n) is 6.89. The quantitative estimate of drug-likeness (QED) is 0.670. The molecular weight excluding hydrogens is 330 g/mol. The Bertz CT molecular complexity index is 1040. The minimum Gasteiger partial charge on any atom is -0.308 e. The van der Waals surface area contributed by atoms with Crippen LogP contribution in [0.3, 0.4) is 0 Å². The minimum atomic E-state index is 0.0132. The highest BCUT2D eigenvalue weighted by atomic mass is 16.1. The molecule has 0 saturated heterocycles. The standard InChI is InChI=1S/C18H23N7O/c1-4-6-25-17(26)14-10-15(21-16(14)24-7-5-19-18(24)25)13-11-20-23(12-13)9-8-22(2)3/h5,7,11-12H,4,6,8-10H2,1-3H3. The van der Waals surface area contributed by atoms with Gasteiger partial charge in [0.2, 0.25) is 5.78 Å². The second-order valence-corrected chi connectivity index (χ2v) is 6.89. The topological polar surface area (TPSA) is 72.7 Å². The van der Waals surface area contributed by atoms with Crippen LogP contribution in [0.5, 0.6) is 0 Å². The third-order valence-corrected chi connectivity index (χ3v) is 4.64. The van der Waals surface area contributed by atoms with Crippen LogP contribution >= 0.6 is 0 Å². The van der Waals surface area contributed by atoms with Crippen LogP contribution in [0.2, 0.25) is 0 Å². The zero-order chi connectivity index (χ0) is 18.3. The molecule has 136 valence electrons. The molecule has 3 aromatic heterocycles. The lowest BCUT2D eigenvalue weighted by Crippen LogP contribution is -2.26. The van der Waals surface area contributed by atoms with Crippen LogP contribution in [0.1, 0.15) is 24.5 Å². The van der Waals surface area contributed by atoms with Gasteiger partial charge < -0.3 is 4.90 Å². The highest BCUT2D eigenvalue weighted by Crippen LogP contribution is 2.27. The van der Waals surface area contributed by atoms with E-state index in [1.54, 1.807) is 10.8 Å². The lowest BCUT2D eigenvalue weighted by Gasteiger charge is -2.09. The summed E-state index contributed by atoms with van der Waals surface area (Å²) >= 11 is 0. The molecule has 4 heterocycles. The molecule has 0 atom stereocenters. The predicted molar refractivity (Wildman–Crippen MR) is 100 cm³/mol. The van der Waals surface area contributed by atoms with E-state index in [0.29, 0.717) is 24.6 Å². The Morgan fingerprint density at radius 2 is 2.12 bits per heavy atom. The average Bonchev–Trinajstić information content (AvgIpc) is 3.34. The molecule has 0 spiro atoms. The fraction of sp³-hybridized carbons (Fsp3) is 0.444. The van der Waals surface area contributed by atoms with Crippen molar-refractivity contribution in [2.45, 2.75) is 32.9 Å². The van der Waals surface area contributed by atoms with Crippen molar-refractivity contribution in [2.75, 3.05) is 20.6 Å². The van der Waals surface area contributed by atoms with Crippen LogP contribution < -0.4 is 5.56 Å². The van der Waals surface area contributed by atoms with Gasteiger partial charge >= 0.3 is 0 Å². The van der Waals surface area contributed by atoms with Crippen molar-refractivity contribution in [3.05, 3.63) is 46.3 Å². The average molecular weight is 353 g/mol. The van der Waals surface area contributed by atoms with Crippen LogP contribution in [0.15, 0.2) is 34.6 Å². The van der Waals surface area contributed by atoms with Crippen LogP contribution in [0.25, 0.3) is 5.78 Å². The lowest BCUT2D eigenvalue weighted by molar-refractivity contribution is 0.373. The van der Waals surface area contributed by atoms with Crippen LogP contribution in [0.4, 0.5) is 5.82 Å². The molecule has 0 radical (unpaired) electrons. The summed E-state index contributed by atoms with van der Waals surface area (Å²) in [5.41, 5.74) is 2.60. The number of nitrogens with zero attached hydrogens (tertiary/aromatic N) is 7. The van der Waals surface area contributed by atoms with E-state index in [9.17, 15) is 4.79 Å². The van der Waals surface area contributed by atoms with E-state index in [1.807, 2.05) is 41.8 Å². The van der Waals surface area contributed by atoms with Crippen molar-refractivity contribution < 1.29 is 0 Å². The molecule has 0 fully saturated rings. The molecule has 1 aliphatic heterocycles. The Balaban J connectivity index is 1.71. The smallest absolute Gasteiger partial charge is 0.260 e. The Morgan fingerprint density at radius 3 is 2.88 bits per heavy atom. The van der Waals surface area contributed by atoms with Crippen molar-refractivity contribution >= 4 is 17.3 Å². The largest absolute Gasteiger partial charge is 0.308 e. The third-order valence-electron chi connectivity index (χ3n) is 4.64. The normalized spacial score (nSPS) is 13.6. The molecule has 8 nitrogen and oxygen atoms in total. The summed E-state index contributed by atoms with van der Waals surface area (Å²) in [7, 11) is 4.08. The predicted octanol–water partition coefficient (Wildman–Crippen LogP) is 1.34. The van der Waals surface area contributed by atoms with Gasteiger partial charge in [-0.05, 0) is 20.5 Å². The van der Waals surface area contributed by atoms with Crippen molar-refractivity contribution in [3.63, 3.8) is 0 Å².